The molecule has 170 valence electrons. The van der Waals surface area contributed by atoms with Gasteiger partial charge in [-0.05, 0) is 44.4 Å². The van der Waals surface area contributed by atoms with E-state index in [1.54, 1.807) is 6.07 Å². The highest BCUT2D eigenvalue weighted by Crippen LogP contribution is 2.35. The van der Waals surface area contributed by atoms with Crippen LogP contribution >= 0.6 is 11.3 Å². The molecule has 32 heavy (non-hydrogen) atoms. The van der Waals surface area contributed by atoms with E-state index in [1.165, 1.54) is 27.8 Å². The average Bonchev–Trinajstić information content (AvgIpc) is 2.95. The molecule has 0 radical (unpaired) electrons. The van der Waals surface area contributed by atoms with E-state index in [0.717, 1.165) is 16.9 Å². The van der Waals surface area contributed by atoms with E-state index < -0.39 is 10.0 Å². The Morgan fingerprint density at radius 1 is 1.19 bits per heavy atom. The van der Waals surface area contributed by atoms with Crippen LogP contribution in [0.3, 0.4) is 0 Å². The molecule has 3 heterocycles. The zero-order valence-corrected chi connectivity index (χ0v) is 19.6. The summed E-state index contributed by atoms with van der Waals surface area (Å²) in [6.07, 6.45) is 1.58. The molecule has 1 amide bonds. The molecule has 0 spiro atoms. The summed E-state index contributed by atoms with van der Waals surface area (Å²) in [5.74, 6) is 0.509. The van der Waals surface area contributed by atoms with E-state index in [-0.39, 0.29) is 29.8 Å². The van der Waals surface area contributed by atoms with Gasteiger partial charge in [-0.25, -0.2) is 8.42 Å². The van der Waals surface area contributed by atoms with Gasteiger partial charge in [-0.1, -0.05) is 0 Å². The fraction of sp³-hybridized carbons (Fsp3) is 0.455. The van der Waals surface area contributed by atoms with Crippen molar-refractivity contribution in [2.75, 3.05) is 31.6 Å². The van der Waals surface area contributed by atoms with Crippen LogP contribution < -0.4 is 14.8 Å². The third-order valence-corrected chi connectivity index (χ3v) is 8.93. The maximum Gasteiger partial charge on any atom is 0.243 e. The molecular formula is C22H25N3O5S2. The van der Waals surface area contributed by atoms with Crippen molar-refractivity contribution in [1.82, 2.24) is 4.31 Å². The smallest absolute Gasteiger partial charge is 0.243 e. The molecule has 2 aromatic rings. The lowest BCUT2D eigenvalue weighted by Crippen LogP contribution is -2.41. The van der Waals surface area contributed by atoms with Gasteiger partial charge < -0.3 is 14.8 Å². The Balaban J connectivity index is 1.42. The van der Waals surface area contributed by atoms with Crippen LogP contribution in [0.4, 0.5) is 5.00 Å². The molecule has 0 saturated carbocycles. The average molecular weight is 476 g/mol. The quantitative estimate of drug-likeness (QED) is 0.726. The monoisotopic (exact) mass is 475 g/mol. The first-order valence-corrected chi connectivity index (χ1v) is 12.8. The van der Waals surface area contributed by atoms with Gasteiger partial charge in [0.05, 0.1) is 23.7 Å². The van der Waals surface area contributed by atoms with E-state index in [2.05, 4.69) is 11.4 Å². The predicted octanol–water partition coefficient (Wildman–Crippen LogP) is 3.44. The Hall–Kier alpha value is -2.61. The molecule has 0 bridgehead atoms. The Morgan fingerprint density at radius 3 is 2.56 bits per heavy atom. The highest BCUT2D eigenvalue weighted by Gasteiger charge is 2.33. The summed E-state index contributed by atoms with van der Waals surface area (Å²) < 4.78 is 38.9. The number of carbonyl (C=O) groups excluding carboxylic acids is 1. The van der Waals surface area contributed by atoms with Crippen LogP contribution in [0.25, 0.3) is 0 Å². The van der Waals surface area contributed by atoms with Crippen molar-refractivity contribution in [3.05, 3.63) is 34.2 Å². The van der Waals surface area contributed by atoms with Gasteiger partial charge >= 0.3 is 0 Å². The van der Waals surface area contributed by atoms with E-state index >= 15 is 0 Å². The van der Waals surface area contributed by atoms with Crippen molar-refractivity contribution >= 4 is 32.3 Å². The first-order chi connectivity index (χ1) is 15.3. The molecule has 2 aliphatic heterocycles. The van der Waals surface area contributed by atoms with Crippen molar-refractivity contribution < 1.29 is 22.7 Å². The summed E-state index contributed by atoms with van der Waals surface area (Å²) in [5.41, 5.74) is 1.37. The number of hydrogen-bond acceptors (Lipinski definition) is 7. The number of amides is 1. The number of sulfonamides is 1. The summed E-state index contributed by atoms with van der Waals surface area (Å²) >= 11 is 1.39. The standard InChI is InChI=1S/C22H25N3O5S2/c1-14-15(2)31-22(18(14)13-23)24-21(26)16-6-8-25(9-7-16)32(27,28)17-4-5-19-20(12-17)30-11-3-10-29-19/h4-5,12,16H,3,6-11H2,1-2H3,(H,24,26). The highest BCUT2D eigenvalue weighted by atomic mass is 32.2. The Morgan fingerprint density at radius 2 is 1.88 bits per heavy atom. The number of carbonyl (C=O) groups is 1. The second kappa shape index (κ2) is 9.10. The van der Waals surface area contributed by atoms with Crippen LogP contribution in [-0.4, -0.2) is 44.9 Å². The normalized spacial score (nSPS) is 17.4. The van der Waals surface area contributed by atoms with Gasteiger partial charge in [0.2, 0.25) is 15.9 Å². The molecule has 1 aromatic heterocycles. The molecule has 0 aliphatic carbocycles. The van der Waals surface area contributed by atoms with Crippen molar-refractivity contribution in [2.45, 2.75) is 38.0 Å². The van der Waals surface area contributed by atoms with E-state index in [9.17, 15) is 18.5 Å². The minimum Gasteiger partial charge on any atom is -0.490 e. The third-order valence-electron chi connectivity index (χ3n) is 5.92. The summed E-state index contributed by atoms with van der Waals surface area (Å²) in [6, 6.07) is 6.83. The zero-order valence-electron chi connectivity index (χ0n) is 18.0. The number of aryl methyl sites for hydroxylation is 1. The molecule has 2 aliphatic rings. The molecule has 0 atom stereocenters. The van der Waals surface area contributed by atoms with E-state index in [1.807, 2.05) is 13.8 Å². The van der Waals surface area contributed by atoms with Crippen molar-refractivity contribution in [2.24, 2.45) is 5.92 Å². The first-order valence-electron chi connectivity index (χ1n) is 10.5. The topological polar surface area (TPSA) is 109 Å². The van der Waals surface area contributed by atoms with Gasteiger partial charge in [-0.3, -0.25) is 4.79 Å². The SMILES string of the molecule is Cc1sc(NC(=O)C2CCN(S(=O)(=O)c3ccc4c(c3)OCCCO4)CC2)c(C#N)c1C. The molecule has 0 unspecified atom stereocenters. The number of nitriles is 1. The number of hydrogen-bond donors (Lipinski definition) is 1. The Kier molecular flexibility index (Phi) is 6.42. The number of piperidine rings is 1. The van der Waals surface area contributed by atoms with Gasteiger partial charge in [0, 0.05) is 36.4 Å². The molecule has 1 aromatic carbocycles. The second-order valence-corrected chi connectivity index (χ2v) is 11.1. The van der Waals surface area contributed by atoms with E-state index in [4.69, 9.17) is 9.47 Å². The molecule has 1 N–H and O–H groups in total. The molecule has 1 fully saturated rings. The highest BCUT2D eigenvalue weighted by molar-refractivity contribution is 7.89. The van der Waals surface area contributed by atoms with Gasteiger partial charge in [-0.2, -0.15) is 9.57 Å². The second-order valence-electron chi connectivity index (χ2n) is 7.93. The number of fused-ring (bicyclic) bond motifs is 1. The largest absolute Gasteiger partial charge is 0.490 e. The van der Waals surface area contributed by atoms with Gasteiger partial charge in [-0.15, -0.1) is 11.3 Å². The third kappa shape index (κ3) is 4.33. The number of thiophene rings is 1. The maximum absolute atomic E-state index is 13.1. The van der Waals surface area contributed by atoms with Crippen LogP contribution in [0.1, 0.15) is 35.3 Å². The number of ether oxygens (including phenoxy) is 2. The lowest BCUT2D eigenvalue weighted by atomic mass is 9.97. The summed E-state index contributed by atoms with van der Waals surface area (Å²) in [5, 5.41) is 12.8. The first kappa shape index (κ1) is 22.6. The lowest BCUT2D eigenvalue weighted by molar-refractivity contribution is -0.120. The van der Waals surface area contributed by atoms with Gasteiger partial charge in [0.15, 0.2) is 11.5 Å². The van der Waals surface area contributed by atoms with Crippen LogP contribution in [-0.2, 0) is 14.8 Å². The number of nitrogens with zero attached hydrogens (tertiary/aromatic N) is 2. The number of nitrogens with one attached hydrogen (secondary N) is 1. The molecule has 10 heteroatoms. The van der Waals surface area contributed by atoms with Crippen LogP contribution in [0.5, 0.6) is 11.5 Å². The van der Waals surface area contributed by atoms with Crippen molar-refractivity contribution in [3.8, 4) is 17.6 Å². The molecule has 1 saturated heterocycles. The molecule has 8 nitrogen and oxygen atoms in total. The Bertz CT molecular complexity index is 1170. The molecular weight excluding hydrogens is 450 g/mol. The van der Waals surface area contributed by atoms with E-state index in [0.29, 0.717) is 48.1 Å². The van der Waals surface area contributed by atoms with Crippen molar-refractivity contribution in [1.29, 1.82) is 5.26 Å². The van der Waals surface area contributed by atoms with Gasteiger partial charge in [0.1, 0.15) is 11.1 Å². The summed E-state index contributed by atoms with van der Waals surface area (Å²) in [7, 11) is -3.70. The fourth-order valence-electron chi connectivity index (χ4n) is 3.88. The minimum absolute atomic E-state index is 0.160. The maximum atomic E-state index is 13.1. The number of benzene rings is 1. The fourth-order valence-corrected chi connectivity index (χ4v) is 6.37. The number of anilines is 1. The zero-order chi connectivity index (χ0) is 22.9. The molecule has 4 rings (SSSR count). The number of rotatable bonds is 4. The predicted molar refractivity (Wildman–Crippen MR) is 121 cm³/mol. The minimum atomic E-state index is -3.70. The van der Waals surface area contributed by atoms with Crippen LogP contribution in [0.15, 0.2) is 23.1 Å². The van der Waals surface area contributed by atoms with Crippen molar-refractivity contribution in [3.63, 3.8) is 0 Å². The lowest BCUT2D eigenvalue weighted by Gasteiger charge is -2.30. The Labute approximate surface area is 191 Å². The summed E-state index contributed by atoms with van der Waals surface area (Å²) in [4.78, 5) is 13.9. The van der Waals surface area contributed by atoms with Gasteiger partial charge in [0.25, 0.3) is 0 Å². The van der Waals surface area contributed by atoms with Crippen LogP contribution in [0, 0.1) is 31.1 Å². The summed E-state index contributed by atoms with van der Waals surface area (Å²) in [6.45, 7) is 5.30. The van der Waals surface area contributed by atoms with Crippen LogP contribution in [0.2, 0.25) is 0 Å².